The van der Waals surface area contributed by atoms with E-state index in [2.05, 4.69) is 4.98 Å². The summed E-state index contributed by atoms with van der Waals surface area (Å²) in [5.74, 6) is -0.00722. The van der Waals surface area contributed by atoms with Gasteiger partial charge in [-0.05, 0) is 19.9 Å². The van der Waals surface area contributed by atoms with Crippen molar-refractivity contribution in [2.45, 2.75) is 13.8 Å². The number of aromatic nitrogens is 1. The molecule has 0 radical (unpaired) electrons. The molecule has 90 valence electrons. The fourth-order valence-corrected chi connectivity index (χ4v) is 1.55. The van der Waals surface area contributed by atoms with Crippen molar-refractivity contribution >= 4 is 16.9 Å². The number of hydrogen-bond donors (Lipinski definition) is 0. The molecule has 0 fully saturated rings. The minimum absolute atomic E-state index is 0.0942. The highest BCUT2D eigenvalue weighted by Crippen LogP contribution is 2.32. The van der Waals surface area contributed by atoms with Gasteiger partial charge in [-0.25, -0.2) is 4.79 Å². The summed E-state index contributed by atoms with van der Waals surface area (Å²) in [6, 6.07) is 1.74. The molecule has 0 aliphatic rings. The zero-order chi connectivity index (χ0) is 12.3. The topological polar surface area (TPSA) is 61.6 Å². The minimum atomic E-state index is -0.521. The summed E-state index contributed by atoms with van der Waals surface area (Å²) in [6.07, 6.45) is 3.16. The summed E-state index contributed by atoms with van der Waals surface area (Å²) < 4.78 is 15.8. The molecular formula is C12H13NO4. The van der Waals surface area contributed by atoms with Gasteiger partial charge >= 0.3 is 5.97 Å². The van der Waals surface area contributed by atoms with E-state index < -0.39 is 5.97 Å². The van der Waals surface area contributed by atoms with Crippen molar-refractivity contribution in [2.24, 2.45) is 0 Å². The van der Waals surface area contributed by atoms with Crippen LogP contribution in [0.25, 0.3) is 11.0 Å². The van der Waals surface area contributed by atoms with Gasteiger partial charge in [0.05, 0.1) is 24.8 Å². The summed E-state index contributed by atoms with van der Waals surface area (Å²) in [4.78, 5) is 15.6. The highest BCUT2D eigenvalue weighted by Gasteiger charge is 2.22. The van der Waals surface area contributed by atoms with Gasteiger partial charge in [0.2, 0.25) is 0 Å². The first kappa shape index (κ1) is 11.4. The number of nitrogens with zero attached hydrogens (tertiary/aromatic N) is 1. The van der Waals surface area contributed by atoms with E-state index in [9.17, 15) is 4.79 Å². The first-order valence-electron chi connectivity index (χ1n) is 5.44. The summed E-state index contributed by atoms with van der Waals surface area (Å²) in [7, 11) is 0. The molecule has 0 amide bonds. The van der Waals surface area contributed by atoms with Gasteiger partial charge in [0.1, 0.15) is 0 Å². The maximum atomic E-state index is 11.7. The number of pyridine rings is 1. The molecule has 0 aliphatic carbocycles. The lowest BCUT2D eigenvalue weighted by atomic mass is 10.3. The predicted molar refractivity (Wildman–Crippen MR) is 61.1 cm³/mol. The van der Waals surface area contributed by atoms with Crippen LogP contribution in [0.15, 0.2) is 22.9 Å². The Morgan fingerprint density at radius 3 is 2.94 bits per heavy atom. The van der Waals surface area contributed by atoms with Crippen molar-refractivity contribution in [3.8, 4) is 5.75 Å². The highest BCUT2D eigenvalue weighted by molar-refractivity contribution is 5.98. The van der Waals surface area contributed by atoms with Gasteiger partial charge in [-0.1, -0.05) is 0 Å². The zero-order valence-electron chi connectivity index (χ0n) is 9.73. The summed E-state index contributed by atoms with van der Waals surface area (Å²) in [5, 5.41) is 0.727. The molecule has 0 atom stereocenters. The van der Waals surface area contributed by atoms with E-state index in [1.807, 2.05) is 6.92 Å². The number of hydrogen-bond acceptors (Lipinski definition) is 5. The molecule has 0 aliphatic heterocycles. The molecule has 0 spiro atoms. The van der Waals surface area contributed by atoms with Gasteiger partial charge in [0.25, 0.3) is 5.76 Å². The normalized spacial score (nSPS) is 10.5. The Balaban J connectivity index is 2.53. The molecule has 0 saturated carbocycles. The molecule has 2 aromatic rings. The Morgan fingerprint density at radius 1 is 1.41 bits per heavy atom. The molecule has 2 rings (SSSR count). The lowest BCUT2D eigenvalue weighted by Gasteiger charge is -2.03. The van der Waals surface area contributed by atoms with Crippen molar-refractivity contribution in [1.29, 1.82) is 0 Å². The molecule has 0 saturated heterocycles. The maximum absolute atomic E-state index is 11.7. The zero-order valence-corrected chi connectivity index (χ0v) is 9.73. The van der Waals surface area contributed by atoms with E-state index in [1.165, 1.54) is 0 Å². The lowest BCUT2D eigenvalue weighted by Crippen LogP contribution is -2.05. The van der Waals surface area contributed by atoms with Gasteiger partial charge in [-0.3, -0.25) is 4.98 Å². The standard InChI is InChI=1S/C12H13NO4/c1-3-15-10-8-5-6-13-7-9(8)17-11(10)12(14)16-4-2/h5-7H,3-4H2,1-2H3. The molecule has 2 aromatic heterocycles. The molecule has 0 bridgehead atoms. The van der Waals surface area contributed by atoms with Crippen LogP contribution in [0.2, 0.25) is 0 Å². The maximum Gasteiger partial charge on any atom is 0.378 e. The highest BCUT2D eigenvalue weighted by atomic mass is 16.6. The summed E-state index contributed by atoms with van der Waals surface area (Å²) >= 11 is 0. The van der Waals surface area contributed by atoms with E-state index in [0.29, 0.717) is 24.5 Å². The van der Waals surface area contributed by atoms with Crippen LogP contribution in [0.1, 0.15) is 24.4 Å². The van der Waals surface area contributed by atoms with Crippen LogP contribution in [0.3, 0.4) is 0 Å². The molecule has 5 heteroatoms. The fourth-order valence-electron chi connectivity index (χ4n) is 1.55. The first-order valence-corrected chi connectivity index (χ1v) is 5.44. The van der Waals surface area contributed by atoms with Crippen LogP contribution in [-0.4, -0.2) is 24.2 Å². The predicted octanol–water partition coefficient (Wildman–Crippen LogP) is 2.40. The van der Waals surface area contributed by atoms with E-state index in [1.54, 1.807) is 25.4 Å². The Hall–Kier alpha value is -2.04. The van der Waals surface area contributed by atoms with Crippen LogP contribution < -0.4 is 4.74 Å². The number of furan rings is 1. The van der Waals surface area contributed by atoms with Gasteiger partial charge in [-0.2, -0.15) is 0 Å². The molecule has 5 nitrogen and oxygen atoms in total. The van der Waals surface area contributed by atoms with E-state index in [0.717, 1.165) is 5.39 Å². The Bertz CT molecular complexity index is 532. The number of carbonyl (C=O) groups excluding carboxylic acids is 1. The van der Waals surface area contributed by atoms with E-state index in [4.69, 9.17) is 13.9 Å². The molecule has 0 unspecified atom stereocenters. The smallest absolute Gasteiger partial charge is 0.378 e. The average molecular weight is 235 g/mol. The number of ether oxygens (including phenoxy) is 2. The second-order valence-corrected chi connectivity index (χ2v) is 3.29. The number of carbonyl (C=O) groups is 1. The molecule has 17 heavy (non-hydrogen) atoms. The van der Waals surface area contributed by atoms with Crippen molar-refractivity contribution in [3.63, 3.8) is 0 Å². The van der Waals surface area contributed by atoms with Gasteiger partial charge in [-0.15, -0.1) is 0 Å². The third-order valence-electron chi connectivity index (χ3n) is 2.20. The van der Waals surface area contributed by atoms with Crippen LogP contribution in [0.4, 0.5) is 0 Å². The van der Waals surface area contributed by atoms with Crippen LogP contribution in [0.5, 0.6) is 5.75 Å². The fraction of sp³-hybridized carbons (Fsp3) is 0.333. The van der Waals surface area contributed by atoms with Crippen molar-refractivity contribution in [1.82, 2.24) is 4.98 Å². The SMILES string of the molecule is CCOC(=O)c1oc2cnccc2c1OCC. The average Bonchev–Trinajstić information content (AvgIpc) is 2.70. The number of esters is 1. The quantitative estimate of drug-likeness (QED) is 0.761. The van der Waals surface area contributed by atoms with E-state index in [-0.39, 0.29) is 5.76 Å². The number of fused-ring (bicyclic) bond motifs is 1. The molecular weight excluding hydrogens is 222 g/mol. The Kier molecular flexibility index (Phi) is 3.27. The second kappa shape index (κ2) is 4.86. The molecule has 0 N–H and O–H groups in total. The minimum Gasteiger partial charge on any atom is -0.489 e. The first-order chi connectivity index (χ1) is 8.27. The largest absolute Gasteiger partial charge is 0.489 e. The van der Waals surface area contributed by atoms with Crippen LogP contribution in [-0.2, 0) is 4.74 Å². The third kappa shape index (κ3) is 2.08. The van der Waals surface area contributed by atoms with Crippen LogP contribution >= 0.6 is 0 Å². The van der Waals surface area contributed by atoms with Gasteiger partial charge in [0.15, 0.2) is 11.3 Å². The van der Waals surface area contributed by atoms with Crippen LogP contribution in [0, 0.1) is 0 Å². The third-order valence-corrected chi connectivity index (χ3v) is 2.20. The molecule has 2 heterocycles. The Labute approximate surface area is 98.3 Å². The monoisotopic (exact) mass is 235 g/mol. The second-order valence-electron chi connectivity index (χ2n) is 3.29. The molecule has 0 aromatic carbocycles. The lowest BCUT2D eigenvalue weighted by molar-refractivity contribution is 0.0487. The summed E-state index contributed by atoms with van der Waals surface area (Å²) in [6.45, 7) is 4.32. The summed E-state index contributed by atoms with van der Waals surface area (Å²) in [5.41, 5.74) is 0.513. The Morgan fingerprint density at radius 2 is 2.24 bits per heavy atom. The van der Waals surface area contributed by atoms with Gasteiger partial charge in [0, 0.05) is 6.20 Å². The van der Waals surface area contributed by atoms with Crippen molar-refractivity contribution in [2.75, 3.05) is 13.2 Å². The number of rotatable bonds is 4. The van der Waals surface area contributed by atoms with Crippen molar-refractivity contribution in [3.05, 3.63) is 24.2 Å². The van der Waals surface area contributed by atoms with Crippen molar-refractivity contribution < 1.29 is 18.7 Å². The van der Waals surface area contributed by atoms with Gasteiger partial charge < -0.3 is 13.9 Å². The van der Waals surface area contributed by atoms with E-state index >= 15 is 0 Å².